The summed E-state index contributed by atoms with van der Waals surface area (Å²) in [7, 11) is 0. The zero-order valence-electron chi connectivity index (χ0n) is 8.53. The first kappa shape index (κ1) is 11.1. The van der Waals surface area contributed by atoms with E-state index in [4.69, 9.17) is 11.8 Å². The molecule has 1 nitrogen and oxygen atoms in total. The Bertz CT molecular complexity index is 458. The van der Waals surface area contributed by atoms with Crippen molar-refractivity contribution < 1.29 is 4.39 Å². The van der Waals surface area contributed by atoms with Crippen LogP contribution >= 0.6 is 11.8 Å². The van der Waals surface area contributed by atoms with Gasteiger partial charge in [0.15, 0.2) is 0 Å². The third-order valence-electron chi connectivity index (χ3n) is 2.42. The van der Waals surface area contributed by atoms with Crippen LogP contribution in [0.3, 0.4) is 0 Å². The second-order valence-corrected chi connectivity index (χ2v) is 3.73. The summed E-state index contributed by atoms with van der Waals surface area (Å²) in [4.78, 5) is 2.67. The lowest BCUT2D eigenvalue weighted by Gasteiger charge is -2.15. The largest absolute Gasteiger partial charge is 0.222 e. The molecular formula is C13H11ClFN. The quantitative estimate of drug-likeness (QED) is 0.801. The average molecular weight is 236 g/mol. The molecule has 0 amide bonds. The van der Waals surface area contributed by atoms with Crippen LogP contribution in [0.5, 0.6) is 0 Å². The van der Waals surface area contributed by atoms with Gasteiger partial charge in [-0.05, 0) is 35.0 Å². The van der Waals surface area contributed by atoms with Crippen LogP contribution in [0.25, 0.3) is 0 Å². The minimum absolute atomic E-state index is 0.196. The predicted molar refractivity (Wildman–Crippen MR) is 63.7 cm³/mol. The highest BCUT2D eigenvalue weighted by atomic mass is 35.5. The van der Waals surface area contributed by atoms with E-state index in [2.05, 4.69) is 4.84 Å². The molecule has 82 valence electrons. The van der Waals surface area contributed by atoms with E-state index < -0.39 is 0 Å². The van der Waals surface area contributed by atoms with Gasteiger partial charge in [0, 0.05) is 0 Å². The van der Waals surface area contributed by atoms with E-state index >= 15 is 0 Å². The molecule has 0 bridgehead atoms. The summed E-state index contributed by atoms with van der Waals surface area (Å²) in [5.41, 5.74) is 1.81. The molecule has 1 atom stereocenters. The van der Waals surface area contributed by atoms with Crippen molar-refractivity contribution in [3.05, 3.63) is 71.5 Å². The van der Waals surface area contributed by atoms with Crippen LogP contribution in [-0.2, 0) is 0 Å². The molecule has 2 aromatic rings. The SMILES string of the molecule is Fc1cccc(C(NCl)c2ccccc2)c1. The average Bonchev–Trinajstić information content (AvgIpc) is 2.31. The van der Waals surface area contributed by atoms with Crippen LogP contribution in [0.15, 0.2) is 54.6 Å². The van der Waals surface area contributed by atoms with Gasteiger partial charge in [-0.2, -0.15) is 0 Å². The minimum atomic E-state index is -0.259. The second kappa shape index (κ2) is 5.10. The molecule has 2 aromatic carbocycles. The van der Waals surface area contributed by atoms with Crippen molar-refractivity contribution in [3.63, 3.8) is 0 Å². The first-order valence-electron chi connectivity index (χ1n) is 4.98. The van der Waals surface area contributed by atoms with Gasteiger partial charge in [-0.25, -0.2) is 9.23 Å². The Morgan fingerprint density at radius 1 is 0.938 bits per heavy atom. The number of benzene rings is 2. The molecule has 0 spiro atoms. The molecule has 0 radical (unpaired) electrons. The highest BCUT2D eigenvalue weighted by Gasteiger charge is 2.12. The Morgan fingerprint density at radius 3 is 2.25 bits per heavy atom. The predicted octanol–water partition coefficient (Wildman–Crippen LogP) is 3.66. The van der Waals surface area contributed by atoms with Gasteiger partial charge in [-0.1, -0.05) is 42.5 Å². The molecule has 0 aliphatic heterocycles. The standard InChI is InChI=1S/C13H11ClFN/c14-16-13(10-5-2-1-3-6-10)11-7-4-8-12(15)9-11/h1-9,13,16H. The monoisotopic (exact) mass is 235 g/mol. The summed E-state index contributed by atoms with van der Waals surface area (Å²) in [6, 6.07) is 15.9. The summed E-state index contributed by atoms with van der Waals surface area (Å²) in [5, 5.41) is 0. The van der Waals surface area contributed by atoms with E-state index in [0.717, 1.165) is 11.1 Å². The molecule has 0 aromatic heterocycles. The number of halogens is 2. The van der Waals surface area contributed by atoms with E-state index in [1.165, 1.54) is 12.1 Å². The zero-order chi connectivity index (χ0) is 11.4. The third-order valence-corrected chi connectivity index (χ3v) is 2.64. The molecule has 16 heavy (non-hydrogen) atoms. The van der Waals surface area contributed by atoms with Gasteiger partial charge in [0.05, 0.1) is 6.04 Å². The molecule has 2 rings (SSSR count). The summed E-state index contributed by atoms with van der Waals surface area (Å²) in [6.07, 6.45) is 0. The van der Waals surface area contributed by atoms with Crippen molar-refractivity contribution in [1.29, 1.82) is 0 Å². The van der Waals surface area contributed by atoms with E-state index in [-0.39, 0.29) is 11.9 Å². The fraction of sp³-hybridized carbons (Fsp3) is 0.0769. The zero-order valence-corrected chi connectivity index (χ0v) is 9.29. The van der Waals surface area contributed by atoms with E-state index in [0.29, 0.717) is 0 Å². The van der Waals surface area contributed by atoms with Crippen LogP contribution in [-0.4, -0.2) is 0 Å². The van der Waals surface area contributed by atoms with E-state index in [1.54, 1.807) is 6.07 Å². The Balaban J connectivity index is 2.37. The summed E-state index contributed by atoms with van der Waals surface area (Å²) in [6.45, 7) is 0. The first-order valence-corrected chi connectivity index (χ1v) is 5.35. The van der Waals surface area contributed by atoms with Crippen LogP contribution in [0.2, 0.25) is 0 Å². The number of rotatable bonds is 3. The Morgan fingerprint density at radius 2 is 1.62 bits per heavy atom. The third kappa shape index (κ3) is 2.40. The van der Waals surface area contributed by atoms with Gasteiger partial charge in [-0.3, -0.25) is 0 Å². The summed E-state index contributed by atoms with van der Waals surface area (Å²) >= 11 is 5.72. The van der Waals surface area contributed by atoms with Gasteiger partial charge in [0.2, 0.25) is 0 Å². The Kier molecular flexibility index (Phi) is 3.54. The summed E-state index contributed by atoms with van der Waals surface area (Å²) in [5.74, 6) is -0.259. The molecule has 0 aliphatic rings. The summed E-state index contributed by atoms with van der Waals surface area (Å²) < 4.78 is 13.1. The maximum absolute atomic E-state index is 13.1. The van der Waals surface area contributed by atoms with Crippen molar-refractivity contribution in [2.75, 3.05) is 0 Å². The molecule has 1 N–H and O–H groups in total. The van der Waals surface area contributed by atoms with Crippen molar-refractivity contribution in [3.8, 4) is 0 Å². The lowest BCUT2D eigenvalue weighted by molar-refractivity contribution is 0.622. The smallest absolute Gasteiger partial charge is 0.123 e. The van der Waals surface area contributed by atoms with E-state index in [1.807, 2.05) is 36.4 Å². The fourth-order valence-electron chi connectivity index (χ4n) is 1.65. The lowest BCUT2D eigenvalue weighted by Crippen LogP contribution is -2.12. The second-order valence-electron chi connectivity index (χ2n) is 3.51. The van der Waals surface area contributed by atoms with Crippen LogP contribution in [0.1, 0.15) is 17.2 Å². The van der Waals surface area contributed by atoms with Gasteiger partial charge in [0.1, 0.15) is 5.82 Å². The van der Waals surface area contributed by atoms with Gasteiger partial charge in [-0.15, -0.1) is 0 Å². The molecule has 0 saturated carbocycles. The van der Waals surface area contributed by atoms with Crippen LogP contribution in [0.4, 0.5) is 4.39 Å². The van der Waals surface area contributed by atoms with E-state index in [9.17, 15) is 4.39 Å². The highest BCUT2D eigenvalue weighted by molar-refractivity contribution is 6.13. The van der Waals surface area contributed by atoms with Crippen LogP contribution in [0, 0.1) is 5.82 Å². The van der Waals surface area contributed by atoms with Crippen molar-refractivity contribution in [2.45, 2.75) is 6.04 Å². The molecule has 0 fully saturated rings. The van der Waals surface area contributed by atoms with Crippen molar-refractivity contribution in [1.82, 2.24) is 4.84 Å². The molecule has 0 saturated heterocycles. The maximum Gasteiger partial charge on any atom is 0.123 e. The van der Waals surface area contributed by atoms with Crippen molar-refractivity contribution >= 4 is 11.8 Å². The van der Waals surface area contributed by atoms with Gasteiger partial charge >= 0.3 is 0 Å². The topological polar surface area (TPSA) is 12.0 Å². The molecule has 1 unspecified atom stereocenters. The normalized spacial score (nSPS) is 12.4. The number of hydrogen-bond acceptors (Lipinski definition) is 1. The maximum atomic E-state index is 13.1. The van der Waals surface area contributed by atoms with Gasteiger partial charge in [0.25, 0.3) is 0 Å². The molecular weight excluding hydrogens is 225 g/mol. The fourth-order valence-corrected chi connectivity index (χ4v) is 1.90. The van der Waals surface area contributed by atoms with Gasteiger partial charge < -0.3 is 0 Å². The Labute approximate surface area is 99.0 Å². The van der Waals surface area contributed by atoms with Crippen molar-refractivity contribution in [2.24, 2.45) is 0 Å². The molecule has 0 heterocycles. The minimum Gasteiger partial charge on any atom is -0.222 e. The number of nitrogens with one attached hydrogen (secondary N) is 1. The molecule has 0 aliphatic carbocycles. The van der Waals surface area contributed by atoms with Crippen LogP contribution < -0.4 is 4.84 Å². The number of hydrogen-bond donors (Lipinski definition) is 1. The first-order chi connectivity index (χ1) is 7.81. The Hall–Kier alpha value is -1.38. The molecule has 3 heteroatoms. The highest BCUT2D eigenvalue weighted by Crippen LogP contribution is 2.22. The lowest BCUT2D eigenvalue weighted by atomic mass is 10.00.